The highest BCUT2D eigenvalue weighted by atomic mass is 16.5. The summed E-state index contributed by atoms with van der Waals surface area (Å²) in [5, 5.41) is 0. The van der Waals surface area contributed by atoms with Crippen molar-refractivity contribution in [2.45, 2.75) is 64.2 Å². The molecule has 0 unspecified atom stereocenters. The molecule has 0 radical (unpaired) electrons. The van der Waals surface area contributed by atoms with Gasteiger partial charge in [0.15, 0.2) is 0 Å². The average Bonchev–Trinajstić information content (AvgIpc) is 2.50. The van der Waals surface area contributed by atoms with Crippen LogP contribution >= 0.6 is 0 Å². The van der Waals surface area contributed by atoms with Gasteiger partial charge >= 0.3 is 0 Å². The number of rotatable bonds is 4. The van der Waals surface area contributed by atoms with Crippen LogP contribution < -0.4 is 4.74 Å². The summed E-state index contributed by atoms with van der Waals surface area (Å²) in [5.74, 6) is 2.13. The molecule has 1 aromatic carbocycles. The monoisotopic (exact) mass is 258 g/mol. The van der Waals surface area contributed by atoms with E-state index >= 15 is 0 Å². The van der Waals surface area contributed by atoms with Gasteiger partial charge in [-0.1, -0.05) is 19.1 Å². The lowest BCUT2D eigenvalue weighted by Gasteiger charge is -2.47. The van der Waals surface area contributed by atoms with E-state index in [4.69, 9.17) is 4.74 Å². The number of hydrogen-bond acceptors (Lipinski definition) is 1. The Morgan fingerprint density at radius 1 is 1.11 bits per heavy atom. The van der Waals surface area contributed by atoms with Gasteiger partial charge in [-0.25, -0.2) is 0 Å². The van der Waals surface area contributed by atoms with Crippen molar-refractivity contribution in [1.29, 1.82) is 0 Å². The molecular weight excluding hydrogens is 232 g/mol. The van der Waals surface area contributed by atoms with Crippen molar-refractivity contribution in [3.8, 4) is 5.75 Å². The molecule has 3 aliphatic carbocycles. The highest BCUT2D eigenvalue weighted by Crippen LogP contribution is 2.52. The van der Waals surface area contributed by atoms with Crippen LogP contribution in [0.15, 0.2) is 18.2 Å². The van der Waals surface area contributed by atoms with Gasteiger partial charge in [0.25, 0.3) is 0 Å². The predicted octanol–water partition coefficient (Wildman–Crippen LogP) is 4.87. The van der Waals surface area contributed by atoms with Crippen molar-refractivity contribution in [3.05, 3.63) is 29.3 Å². The van der Waals surface area contributed by atoms with Crippen LogP contribution in [-0.4, -0.2) is 6.61 Å². The summed E-state index contributed by atoms with van der Waals surface area (Å²) in [5.41, 5.74) is 3.48. The molecule has 0 saturated heterocycles. The zero-order valence-electron chi connectivity index (χ0n) is 12.4. The molecular formula is C18H26O. The number of ether oxygens (including phenoxy) is 1. The molecule has 1 aromatic rings. The minimum Gasteiger partial charge on any atom is -0.494 e. The van der Waals surface area contributed by atoms with E-state index in [2.05, 4.69) is 32.0 Å². The molecule has 19 heavy (non-hydrogen) atoms. The SMILES string of the molecule is CCOc1ccc(C23CCC(CC2)CC3)cc1CC. The maximum absolute atomic E-state index is 5.75. The number of benzene rings is 1. The molecule has 104 valence electrons. The Kier molecular flexibility index (Phi) is 3.56. The molecule has 1 nitrogen and oxygen atoms in total. The maximum atomic E-state index is 5.75. The third-order valence-electron chi connectivity index (χ3n) is 5.45. The molecule has 0 aliphatic heterocycles. The predicted molar refractivity (Wildman–Crippen MR) is 79.9 cm³/mol. The Labute approximate surface area is 117 Å². The van der Waals surface area contributed by atoms with Crippen molar-refractivity contribution >= 4 is 0 Å². The fourth-order valence-electron chi connectivity index (χ4n) is 4.16. The van der Waals surface area contributed by atoms with E-state index in [-0.39, 0.29) is 0 Å². The van der Waals surface area contributed by atoms with Crippen LogP contribution in [0, 0.1) is 5.92 Å². The average molecular weight is 258 g/mol. The summed E-state index contributed by atoms with van der Waals surface area (Å²) in [4.78, 5) is 0. The van der Waals surface area contributed by atoms with Gasteiger partial charge in [0, 0.05) is 0 Å². The second kappa shape index (κ2) is 5.19. The molecule has 0 heterocycles. The summed E-state index contributed by atoms with van der Waals surface area (Å²) in [6, 6.07) is 7.00. The smallest absolute Gasteiger partial charge is 0.122 e. The Bertz CT molecular complexity index is 427. The van der Waals surface area contributed by atoms with Gasteiger partial charge in [0.2, 0.25) is 0 Å². The Morgan fingerprint density at radius 2 is 1.79 bits per heavy atom. The fraction of sp³-hybridized carbons (Fsp3) is 0.667. The van der Waals surface area contributed by atoms with Gasteiger partial charge in [0.1, 0.15) is 5.75 Å². The van der Waals surface area contributed by atoms with Crippen molar-refractivity contribution in [2.75, 3.05) is 6.61 Å². The first-order valence-corrected chi connectivity index (χ1v) is 8.03. The first-order chi connectivity index (χ1) is 9.27. The van der Waals surface area contributed by atoms with Crippen LogP contribution in [-0.2, 0) is 11.8 Å². The van der Waals surface area contributed by atoms with Crippen LogP contribution in [0.25, 0.3) is 0 Å². The molecule has 4 rings (SSSR count). The van der Waals surface area contributed by atoms with E-state index in [1.54, 1.807) is 5.56 Å². The first kappa shape index (κ1) is 13.0. The molecule has 0 amide bonds. The molecule has 3 aliphatic rings. The topological polar surface area (TPSA) is 9.23 Å². The molecule has 0 N–H and O–H groups in total. The normalized spacial score (nSPS) is 29.5. The summed E-state index contributed by atoms with van der Waals surface area (Å²) in [6.07, 6.45) is 9.66. The van der Waals surface area contributed by atoms with Crippen molar-refractivity contribution in [2.24, 2.45) is 5.92 Å². The van der Waals surface area contributed by atoms with Gasteiger partial charge in [-0.2, -0.15) is 0 Å². The van der Waals surface area contributed by atoms with Crippen LogP contribution in [0.4, 0.5) is 0 Å². The Balaban J connectivity index is 1.92. The summed E-state index contributed by atoms with van der Waals surface area (Å²) >= 11 is 0. The van der Waals surface area contributed by atoms with Gasteiger partial charge in [0.05, 0.1) is 6.61 Å². The lowest BCUT2D eigenvalue weighted by Crippen LogP contribution is -2.37. The number of aryl methyl sites for hydroxylation is 1. The minimum absolute atomic E-state index is 0.503. The van der Waals surface area contributed by atoms with E-state index in [1.165, 1.54) is 44.1 Å². The van der Waals surface area contributed by atoms with Crippen LogP contribution in [0.3, 0.4) is 0 Å². The Hall–Kier alpha value is -0.980. The molecule has 0 atom stereocenters. The molecule has 1 heteroatoms. The lowest BCUT2D eigenvalue weighted by atomic mass is 9.58. The highest BCUT2D eigenvalue weighted by molar-refractivity contribution is 5.41. The molecule has 0 aromatic heterocycles. The third-order valence-corrected chi connectivity index (χ3v) is 5.45. The molecule has 2 bridgehead atoms. The largest absolute Gasteiger partial charge is 0.494 e. The standard InChI is InChI=1S/C18H26O/c1-3-15-13-16(5-6-17(15)19-4-2)18-10-7-14(8-11-18)9-12-18/h5-6,13-14H,3-4,7-12H2,1-2H3. The molecule has 3 saturated carbocycles. The van der Waals surface area contributed by atoms with Crippen LogP contribution in [0.5, 0.6) is 5.75 Å². The van der Waals surface area contributed by atoms with Gasteiger partial charge in [-0.3, -0.25) is 0 Å². The number of hydrogen-bond donors (Lipinski definition) is 0. The first-order valence-electron chi connectivity index (χ1n) is 8.03. The maximum Gasteiger partial charge on any atom is 0.122 e. The number of fused-ring (bicyclic) bond motifs is 3. The van der Waals surface area contributed by atoms with Crippen LogP contribution in [0.1, 0.15) is 63.5 Å². The lowest BCUT2D eigenvalue weighted by molar-refractivity contribution is 0.136. The van der Waals surface area contributed by atoms with Gasteiger partial charge < -0.3 is 4.74 Å². The highest BCUT2D eigenvalue weighted by Gasteiger charge is 2.41. The second-order valence-electron chi connectivity index (χ2n) is 6.37. The van der Waals surface area contributed by atoms with E-state index in [0.29, 0.717) is 5.41 Å². The van der Waals surface area contributed by atoms with E-state index in [0.717, 1.165) is 24.7 Å². The summed E-state index contributed by atoms with van der Waals surface area (Å²) in [6.45, 7) is 5.06. The zero-order chi connectivity index (χ0) is 13.3. The summed E-state index contributed by atoms with van der Waals surface area (Å²) in [7, 11) is 0. The van der Waals surface area contributed by atoms with Crippen molar-refractivity contribution in [3.63, 3.8) is 0 Å². The fourth-order valence-corrected chi connectivity index (χ4v) is 4.16. The molecule has 0 spiro atoms. The van der Waals surface area contributed by atoms with Crippen molar-refractivity contribution < 1.29 is 4.74 Å². The second-order valence-corrected chi connectivity index (χ2v) is 6.37. The zero-order valence-corrected chi connectivity index (χ0v) is 12.4. The quantitative estimate of drug-likeness (QED) is 0.748. The van der Waals surface area contributed by atoms with Gasteiger partial charge in [-0.15, -0.1) is 0 Å². The summed E-state index contributed by atoms with van der Waals surface area (Å²) < 4.78 is 5.75. The van der Waals surface area contributed by atoms with E-state index in [1.807, 2.05) is 0 Å². The molecule has 3 fully saturated rings. The Morgan fingerprint density at radius 3 is 2.37 bits per heavy atom. The van der Waals surface area contributed by atoms with Crippen molar-refractivity contribution in [1.82, 2.24) is 0 Å². The third kappa shape index (κ3) is 2.28. The van der Waals surface area contributed by atoms with E-state index < -0.39 is 0 Å². The minimum atomic E-state index is 0.503. The van der Waals surface area contributed by atoms with E-state index in [9.17, 15) is 0 Å². The van der Waals surface area contributed by atoms with Crippen LogP contribution in [0.2, 0.25) is 0 Å². The van der Waals surface area contributed by atoms with Gasteiger partial charge in [-0.05, 0) is 80.4 Å².